The molecule has 4 rings (SSSR count). The van der Waals surface area contributed by atoms with Crippen molar-refractivity contribution in [3.05, 3.63) is 64.8 Å². The monoisotopic (exact) mass is 411 g/mol. The second kappa shape index (κ2) is 8.17. The van der Waals surface area contributed by atoms with Crippen molar-refractivity contribution in [3.8, 4) is 5.75 Å². The van der Waals surface area contributed by atoms with Gasteiger partial charge < -0.3 is 20.4 Å². The Hall–Kier alpha value is -2.99. The number of carbonyl (C=O) groups is 2. The van der Waals surface area contributed by atoms with Crippen LogP contribution in [0, 0.1) is 0 Å². The van der Waals surface area contributed by atoms with Gasteiger partial charge in [0.25, 0.3) is 0 Å². The zero-order valence-electron chi connectivity index (χ0n) is 16.0. The molecule has 1 aromatic heterocycles. The average molecular weight is 412 g/mol. The number of halogens is 1. The number of benzene rings is 2. The van der Waals surface area contributed by atoms with Crippen molar-refractivity contribution in [2.75, 3.05) is 6.61 Å². The van der Waals surface area contributed by atoms with Crippen LogP contribution in [0.4, 0.5) is 0 Å². The van der Waals surface area contributed by atoms with Crippen LogP contribution in [-0.4, -0.2) is 29.4 Å². The topological polar surface area (TPSA) is 83.2 Å². The zero-order chi connectivity index (χ0) is 20.4. The lowest BCUT2D eigenvalue weighted by Crippen LogP contribution is -2.48. The van der Waals surface area contributed by atoms with Gasteiger partial charge in [0.05, 0.1) is 17.7 Å². The van der Waals surface area contributed by atoms with E-state index in [-0.39, 0.29) is 17.9 Å². The fraction of sp³-hybridized carbons (Fsp3) is 0.273. The van der Waals surface area contributed by atoms with E-state index < -0.39 is 6.04 Å². The van der Waals surface area contributed by atoms with Crippen LogP contribution in [0.2, 0.25) is 5.02 Å². The minimum absolute atomic E-state index is 0.218. The molecular formula is C22H22ClN3O3. The molecule has 1 aliphatic heterocycles. The Morgan fingerprint density at radius 3 is 2.90 bits per heavy atom. The number of para-hydroxylation sites is 2. The van der Waals surface area contributed by atoms with Gasteiger partial charge in [0.15, 0.2) is 0 Å². The Labute approximate surface area is 173 Å². The summed E-state index contributed by atoms with van der Waals surface area (Å²) >= 11 is 6.23. The summed E-state index contributed by atoms with van der Waals surface area (Å²) in [6, 6.07) is 12.5. The summed E-state index contributed by atoms with van der Waals surface area (Å²) in [5.74, 6) is 0.127. The minimum Gasteiger partial charge on any atom is -0.492 e. The highest BCUT2D eigenvalue weighted by Crippen LogP contribution is 2.37. The number of carbonyl (C=O) groups excluding carboxylic acids is 2. The SMILES string of the molecule is CC(=O)NC(Cc1c[nH]c2ccccc12)C(=O)NC1CCOc2c(Cl)cccc21. The van der Waals surface area contributed by atoms with E-state index in [2.05, 4.69) is 15.6 Å². The van der Waals surface area contributed by atoms with E-state index in [1.165, 1.54) is 6.92 Å². The fourth-order valence-electron chi connectivity index (χ4n) is 3.78. The molecule has 7 heteroatoms. The van der Waals surface area contributed by atoms with Gasteiger partial charge in [-0.25, -0.2) is 0 Å². The van der Waals surface area contributed by atoms with Gasteiger partial charge in [0.1, 0.15) is 11.8 Å². The quantitative estimate of drug-likeness (QED) is 0.600. The van der Waals surface area contributed by atoms with E-state index in [9.17, 15) is 9.59 Å². The molecule has 0 bridgehead atoms. The molecule has 0 saturated carbocycles. The number of hydrogen-bond acceptors (Lipinski definition) is 3. The maximum Gasteiger partial charge on any atom is 0.243 e. The van der Waals surface area contributed by atoms with Crippen molar-refractivity contribution < 1.29 is 14.3 Å². The smallest absolute Gasteiger partial charge is 0.243 e. The Kier molecular flexibility index (Phi) is 5.45. The lowest BCUT2D eigenvalue weighted by Gasteiger charge is -2.29. The molecule has 2 amide bonds. The van der Waals surface area contributed by atoms with Crippen LogP contribution < -0.4 is 15.4 Å². The van der Waals surface area contributed by atoms with Crippen molar-refractivity contribution in [2.45, 2.75) is 31.8 Å². The third-order valence-electron chi connectivity index (χ3n) is 5.14. The van der Waals surface area contributed by atoms with Crippen molar-refractivity contribution in [3.63, 3.8) is 0 Å². The van der Waals surface area contributed by atoms with Gasteiger partial charge in [-0.2, -0.15) is 0 Å². The summed E-state index contributed by atoms with van der Waals surface area (Å²) in [5.41, 5.74) is 2.83. The number of ether oxygens (including phenoxy) is 1. The average Bonchev–Trinajstić information content (AvgIpc) is 3.11. The summed E-state index contributed by atoms with van der Waals surface area (Å²) in [5, 5.41) is 7.42. The van der Waals surface area contributed by atoms with Gasteiger partial charge >= 0.3 is 0 Å². The molecule has 0 radical (unpaired) electrons. The lowest BCUT2D eigenvalue weighted by atomic mass is 9.99. The molecule has 3 N–H and O–H groups in total. The van der Waals surface area contributed by atoms with Crippen LogP contribution in [0.3, 0.4) is 0 Å². The third kappa shape index (κ3) is 4.07. The Balaban J connectivity index is 1.56. The summed E-state index contributed by atoms with van der Waals surface area (Å²) in [6.45, 7) is 1.88. The molecule has 6 nitrogen and oxygen atoms in total. The van der Waals surface area contributed by atoms with E-state index in [0.717, 1.165) is 22.0 Å². The van der Waals surface area contributed by atoms with E-state index in [1.807, 2.05) is 42.6 Å². The van der Waals surface area contributed by atoms with Crippen LogP contribution in [-0.2, 0) is 16.0 Å². The van der Waals surface area contributed by atoms with E-state index in [4.69, 9.17) is 16.3 Å². The van der Waals surface area contributed by atoms with Crippen molar-refractivity contribution >= 4 is 34.3 Å². The van der Waals surface area contributed by atoms with Crippen molar-refractivity contribution in [2.24, 2.45) is 0 Å². The first kappa shape index (κ1) is 19.3. The number of hydrogen-bond donors (Lipinski definition) is 3. The largest absolute Gasteiger partial charge is 0.492 e. The van der Waals surface area contributed by atoms with Gasteiger partial charge in [-0.1, -0.05) is 41.9 Å². The molecule has 29 heavy (non-hydrogen) atoms. The first-order valence-electron chi connectivity index (χ1n) is 9.56. The Bertz CT molecular complexity index is 1060. The number of H-pyrrole nitrogens is 1. The highest BCUT2D eigenvalue weighted by atomic mass is 35.5. The summed E-state index contributed by atoms with van der Waals surface area (Å²) in [4.78, 5) is 28.1. The predicted octanol–water partition coefficient (Wildman–Crippen LogP) is 3.51. The molecular weight excluding hydrogens is 390 g/mol. The normalized spacial score (nSPS) is 16.6. The maximum absolute atomic E-state index is 13.1. The van der Waals surface area contributed by atoms with E-state index >= 15 is 0 Å². The summed E-state index contributed by atoms with van der Waals surface area (Å²) in [7, 11) is 0. The third-order valence-corrected chi connectivity index (χ3v) is 5.43. The molecule has 0 saturated heterocycles. The fourth-order valence-corrected chi connectivity index (χ4v) is 4.02. The second-order valence-corrected chi connectivity index (χ2v) is 7.58. The maximum atomic E-state index is 13.1. The molecule has 2 atom stereocenters. The molecule has 2 unspecified atom stereocenters. The molecule has 2 aromatic carbocycles. The molecule has 3 aromatic rings. The molecule has 0 aliphatic carbocycles. The van der Waals surface area contributed by atoms with E-state index in [0.29, 0.717) is 30.2 Å². The number of nitrogens with one attached hydrogen (secondary N) is 3. The minimum atomic E-state index is -0.683. The lowest BCUT2D eigenvalue weighted by molar-refractivity contribution is -0.128. The summed E-state index contributed by atoms with van der Waals surface area (Å²) < 4.78 is 5.67. The van der Waals surface area contributed by atoms with Gasteiger partial charge in [0, 0.05) is 42.4 Å². The summed E-state index contributed by atoms with van der Waals surface area (Å²) in [6.07, 6.45) is 2.91. The highest BCUT2D eigenvalue weighted by Gasteiger charge is 2.28. The predicted molar refractivity (Wildman–Crippen MR) is 112 cm³/mol. The molecule has 2 heterocycles. The van der Waals surface area contributed by atoms with Crippen molar-refractivity contribution in [1.82, 2.24) is 15.6 Å². The first-order chi connectivity index (χ1) is 14.0. The standard InChI is InChI=1S/C22H22ClN3O3/c1-13(27)25-20(11-14-12-24-18-8-3-2-5-15(14)18)22(28)26-19-9-10-29-21-16(19)6-4-7-17(21)23/h2-8,12,19-20,24H,9-11H2,1H3,(H,25,27)(H,26,28). The molecule has 150 valence electrons. The van der Waals surface area contributed by atoms with Crippen LogP contribution in [0.5, 0.6) is 5.75 Å². The molecule has 1 aliphatic rings. The van der Waals surface area contributed by atoms with Crippen molar-refractivity contribution in [1.29, 1.82) is 0 Å². The zero-order valence-corrected chi connectivity index (χ0v) is 16.8. The Morgan fingerprint density at radius 2 is 2.07 bits per heavy atom. The van der Waals surface area contributed by atoms with Gasteiger partial charge in [-0.3, -0.25) is 9.59 Å². The Morgan fingerprint density at radius 1 is 1.24 bits per heavy atom. The van der Waals surface area contributed by atoms with Crippen LogP contribution in [0.15, 0.2) is 48.7 Å². The highest BCUT2D eigenvalue weighted by molar-refractivity contribution is 6.32. The van der Waals surface area contributed by atoms with Gasteiger partial charge in [-0.15, -0.1) is 0 Å². The number of rotatable bonds is 5. The van der Waals surface area contributed by atoms with E-state index in [1.54, 1.807) is 6.07 Å². The van der Waals surface area contributed by atoms with Crippen LogP contribution in [0.25, 0.3) is 10.9 Å². The first-order valence-corrected chi connectivity index (χ1v) is 9.94. The number of fused-ring (bicyclic) bond motifs is 2. The van der Waals surface area contributed by atoms with Gasteiger partial charge in [0.2, 0.25) is 11.8 Å². The molecule has 0 spiro atoms. The van der Waals surface area contributed by atoms with Gasteiger partial charge in [-0.05, 0) is 17.7 Å². The number of aromatic nitrogens is 1. The van der Waals surface area contributed by atoms with Crippen LogP contribution >= 0.6 is 11.6 Å². The number of amides is 2. The molecule has 0 fully saturated rings. The number of aromatic amines is 1. The van der Waals surface area contributed by atoms with Crippen LogP contribution in [0.1, 0.15) is 30.5 Å². The second-order valence-electron chi connectivity index (χ2n) is 7.17.